The fourth-order valence-corrected chi connectivity index (χ4v) is 1.75. The van der Waals surface area contributed by atoms with Gasteiger partial charge in [0, 0.05) is 12.3 Å². The van der Waals surface area contributed by atoms with Crippen molar-refractivity contribution in [3.8, 4) is 0 Å². The molecule has 0 rings (SSSR count). The van der Waals surface area contributed by atoms with E-state index in [0.29, 0.717) is 0 Å². The summed E-state index contributed by atoms with van der Waals surface area (Å²) in [5, 5.41) is 8.76. The highest BCUT2D eigenvalue weighted by Crippen LogP contribution is 2.37. The van der Waals surface area contributed by atoms with Crippen LogP contribution in [-0.2, 0) is 9.19 Å². The van der Waals surface area contributed by atoms with E-state index in [4.69, 9.17) is 4.62 Å². The number of oxime groups is 1. The molecule has 0 saturated carbocycles. The molecule has 12 heavy (non-hydrogen) atoms. The fourth-order valence-electron chi connectivity index (χ4n) is 0.582. The van der Waals surface area contributed by atoms with Crippen molar-refractivity contribution in [3.05, 3.63) is 0 Å². The molecule has 0 radical (unpaired) electrons. The molecule has 6 heteroatoms. The lowest BCUT2D eigenvalue weighted by Gasteiger charge is -2.17. The van der Waals surface area contributed by atoms with Gasteiger partial charge >= 0.3 is 7.67 Å². The van der Waals surface area contributed by atoms with Gasteiger partial charge in [0.05, 0.1) is 0 Å². The molecule has 0 aromatic rings. The molecule has 0 aromatic carbocycles. The largest absolute Gasteiger partial charge is 0.411 e. The predicted octanol–water partition coefficient (Wildman–Crippen LogP) is 1.33. The summed E-state index contributed by atoms with van der Waals surface area (Å²) in [6.07, 6.45) is 1.44. The first-order valence-electron chi connectivity index (χ1n) is 3.77. The molecule has 0 spiro atoms. The summed E-state index contributed by atoms with van der Waals surface area (Å²) in [5.74, 6) is 0. The Hall–Kier alpha value is -0.380. The van der Waals surface area contributed by atoms with Crippen molar-refractivity contribution < 1.29 is 9.19 Å². The van der Waals surface area contributed by atoms with Gasteiger partial charge in [-0.25, -0.2) is 14.7 Å². The van der Waals surface area contributed by atoms with Crippen molar-refractivity contribution in [1.82, 2.24) is 10.2 Å². The molecule has 0 aliphatic heterocycles. The minimum atomic E-state index is -2.97. The molecule has 0 aromatic heterocycles. The van der Waals surface area contributed by atoms with Gasteiger partial charge in [-0.3, -0.25) is 0 Å². The zero-order valence-electron chi connectivity index (χ0n) is 7.87. The van der Waals surface area contributed by atoms with E-state index in [1.54, 1.807) is 14.0 Å². The minimum absolute atomic E-state index is 0.0790. The van der Waals surface area contributed by atoms with Crippen LogP contribution < -0.4 is 10.2 Å². The van der Waals surface area contributed by atoms with Gasteiger partial charge in [0.15, 0.2) is 0 Å². The predicted molar refractivity (Wildman–Crippen MR) is 50.2 cm³/mol. The molecule has 2 N–H and O–H groups in total. The SMILES string of the molecule is C/C=N/OP(=O)(NC)NC(C)C. The number of nitrogens with one attached hydrogen (secondary N) is 2. The summed E-state index contributed by atoms with van der Waals surface area (Å²) in [6.45, 7) is 5.45. The van der Waals surface area contributed by atoms with Gasteiger partial charge in [-0.05, 0) is 27.8 Å². The van der Waals surface area contributed by atoms with Gasteiger partial charge in [-0.15, -0.1) is 0 Å². The zero-order valence-corrected chi connectivity index (χ0v) is 8.76. The Labute approximate surface area is 73.1 Å². The third kappa shape index (κ3) is 4.49. The third-order valence-corrected chi connectivity index (χ3v) is 2.76. The highest BCUT2D eigenvalue weighted by molar-refractivity contribution is 7.54. The first-order chi connectivity index (χ1) is 5.54. The van der Waals surface area contributed by atoms with E-state index in [2.05, 4.69) is 15.3 Å². The maximum absolute atomic E-state index is 11.6. The molecule has 0 saturated heterocycles. The summed E-state index contributed by atoms with van der Waals surface area (Å²) in [5.41, 5.74) is 0. The lowest BCUT2D eigenvalue weighted by atomic mass is 10.4. The van der Waals surface area contributed by atoms with Crippen LogP contribution in [0.15, 0.2) is 5.16 Å². The van der Waals surface area contributed by atoms with Crippen LogP contribution in [0.1, 0.15) is 20.8 Å². The molecular formula is C6H16N3O2P. The molecule has 0 bridgehead atoms. The molecule has 0 aliphatic rings. The Kier molecular flexibility index (Phi) is 5.13. The third-order valence-electron chi connectivity index (χ3n) is 0.990. The highest BCUT2D eigenvalue weighted by atomic mass is 31.2. The van der Waals surface area contributed by atoms with E-state index < -0.39 is 7.67 Å². The summed E-state index contributed by atoms with van der Waals surface area (Å²) in [7, 11) is -1.41. The van der Waals surface area contributed by atoms with E-state index in [1.165, 1.54) is 6.21 Å². The van der Waals surface area contributed by atoms with E-state index in [-0.39, 0.29) is 6.04 Å². The molecular weight excluding hydrogens is 177 g/mol. The Morgan fingerprint density at radius 3 is 2.50 bits per heavy atom. The van der Waals surface area contributed by atoms with Crippen molar-refractivity contribution >= 4 is 13.9 Å². The van der Waals surface area contributed by atoms with Crippen LogP contribution in [0.4, 0.5) is 0 Å². The average Bonchev–Trinajstić information content (AvgIpc) is 2.00. The molecule has 5 nitrogen and oxygen atoms in total. The van der Waals surface area contributed by atoms with E-state index >= 15 is 0 Å². The Bertz CT molecular complexity index is 193. The summed E-state index contributed by atoms with van der Waals surface area (Å²) in [6, 6.07) is 0.0790. The highest BCUT2D eigenvalue weighted by Gasteiger charge is 2.22. The minimum Gasteiger partial charge on any atom is -0.312 e. The maximum Gasteiger partial charge on any atom is 0.411 e. The van der Waals surface area contributed by atoms with E-state index in [0.717, 1.165) is 0 Å². The number of hydrogen-bond acceptors (Lipinski definition) is 3. The second-order valence-corrected chi connectivity index (χ2v) is 4.48. The van der Waals surface area contributed by atoms with Crippen LogP contribution in [-0.4, -0.2) is 19.3 Å². The van der Waals surface area contributed by atoms with Gasteiger partial charge in [0.1, 0.15) is 0 Å². The van der Waals surface area contributed by atoms with Gasteiger partial charge in [0.25, 0.3) is 0 Å². The second-order valence-electron chi connectivity index (χ2n) is 2.50. The normalized spacial score (nSPS) is 16.8. The summed E-state index contributed by atoms with van der Waals surface area (Å²) in [4.78, 5) is 0. The first-order valence-corrected chi connectivity index (χ1v) is 5.40. The average molecular weight is 193 g/mol. The van der Waals surface area contributed by atoms with E-state index in [9.17, 15) is 4.57 Å². The standard InChI is InChI=1S/C6H16N3O2P/c1-5-8-11-12(10,7-4)9-6(2)3/h5-6H,1-4H3,(H2,7,9,10)/b8-5+. The summed E-state index contributed by atoms with van der Waals surface area (Å²) >= 11 is 0. The smallest absolute Gasteiger partial charge is 0.312 e. The van der Waals surface area contributed by atoms with Crippen molar-refractivity contribution in [2.24, 2.45) is 5.16 Å². The van der Waals surface area contributed by atoms with Crippen LogP contribution >= 0.6 is 7.67 Å². The van der Waals surface area contributed by atoms with Crippen LogP contribution in [0.25, 0.3) is 0 Å². The number of nitrogens with zero attached hydrogens (tertiary/aromatic N) is 1. The topological polar surface area (TPSA) is 62.7 Å². The van der Waals surface area contributed by atoms with Crippen LogP contribution in [0, 0.1) is 0 Å². The molecule has 72 valence electrons. The molecule has 1 unspecified atom stereocenters. The lowest BCUT2D eigenvalue weighted by Crippen LogP contribution is -2.26. The molecule has 0 amide bonds. The zero-order chi connectivity index (χ0) is 9.61. The second kappa shape index (κ2) is 5.30. The molecule has 1 atom stereocenters. The van der Waals surface area contributed by atoms with Crippen LogP contribution in [0.2, 0.25) is 0 Å². The Morgan fingerprint density at radius 1 is 1.58 bits per heavy atom. The molecule has 0 fully saturated rings. The molecule has 0 heterocycles. The fraction of sp³-hybridized carbons (Fsp3) is 0.833. The van der Waals surface area contributed by atoms with Gasteiger partial charge in [-0.1, -0.05) is 5.16 Å². The first kappa shape index (κ1) is 11.6. The van der Waals surface area contributed by atoms with Crippen molar-refractivity contribution in [2.45, 2.75) is 26.8 Å². The Balaban J connectivity index is 4.15. The molecule has 0 aliphatic carbocycles. The van der Waals surface area contributed by atoms with Crippen LogP contribution in [0.5, 0.6) is 0 Å². The Morgan fingerprint density at radius 2 is 2.17 bits per heavy atom. The number of rotatable bonds is 5. The van der Waals surface area contributed by atoms with E-state index in [1.807, 2.05) is 13.8 Å². The summed E-state index contributed by atoms with van der Waals surface area (Å²) < 4.78 is 16.3. The van der Waals surface area contributed by atoms with Gasteiger partial charge < -0.3 is 4.62 Å². The maximum atomic E-state index is 11.6. The van der Waals surface area contributed by atoms with Gasteiger partial charge in [-0.2, -0.15) is 0 Å². The number of hydrogen-bond donors (Lipinski definition) is 2. The lowest BCUT2D eigenvalue weighted by molar-refractivity contribution is 0.316. The van der Waals surface area contributed by atoms with Crippen molar-refractivity contribution in [3.63, 3.8) is 0 Å². The monoisotopic (exact) mass is 193 g/mol. The quantitative estimate of drug-likeness (QED) is 0.393. The van der Waals surface area contributed by atoms with Gasteiger partial charge in [0.2, 0.25) is 0 Å². The van der Waals surface area contributed by atoms with Crippen LogP contribution in [0.3, 0.4) is 0 Å². The van der Waals surface area contributed by atoms with Crippen molar-refractivity contribution in [2.75, 3.05) is 7.05 Å². The van der Waals surface area contributed by atoms with Crippen molar-refractivity contribution in [1.29, 1.82) is 0 Å².